The first-order chi connectivity index (χ1) is 17.0. The van der Waals surface area contributed by atoms with Crippen LogP contribution in [0.1, 0.15) is 23.6 Å². The third-order valence-electron chi connectivity index (χ3n) is 5.54. The number of hydrogen-bond donors (Lipinski definition) is 1. The van der Waals surface area contributed by atoms with E-state index in [0.29, 0.717) is 25.3 Å². The first-order valence-corrected chi connectivity index (χ1v) is 13.5. The molecule has 0 aliphatic rings. The summed E-state index contributed by atoms with van der Waals surface area (Å²) in [4.78, 5) is 28.4. The van der Waals surface area contributed by atoms with Gasteiger partial charge in [-0.05, 0) is 47.9 Å². The summed E-state index contributed by atoms with van der Waals surface area (Å²) in [6.07, 6.45) is 0.456. The third-order valence-corrected chi connectivity index (χ3v) is 7.06. The zero-order valence-corrected chi connectivity index (χ0v) is 22.5. The highest BCUT2D eigenvalue weighted by Crippen LogP contribution is 2.20. The number of rotatable bonds is 12. The molecule has 7 heteroatoms. The Bertz CT molecular complexity index is 1080. The normalized spacial score (nSPS) is 11.5. The van der Waals surface area contributed by atoms with Gasteiger partial charge in [-0.1, -0.05) is 70.5 Å². The van der Waals surface area contributed by atoms with Crippen LogP contribution in [-0.2, 0) is 28.3 Å². The van der Waals surface area contributed by atoms with Gasteiger partial charge in [0.05, 0.1) is 12.9 Å². The number of carbonyl (C=O) groups is 2. The van der Waals surface area contributed by atoms with Gasteiger partial charge >= 0.3 is 0 Å². The van der Waals surface area contributed by atoms with Crippen molar-refractivity contribution in [1.29, 1.82) is 0 Å². The van der Waals surface area contributed by atoms with Gasteiger partial charge in [0.1, 0.15) is 11.8 Å². The summed E-state index contributed by atoms with van der Waals surface area (Å²) in [6.45, 7) is 2.77. The number of methoxy groups -OCH3 is 1. The van der Waals surface area contributed by atoms with E-state index in [1.54, 1.807) is 23.8 Å². The molecule has 5 nitrogen and oxygen atoms in total. The summed E-state index contributed by atoms with van der Waals surface area (Å²) in [6, 6.07) is 24.9. The Kier molecular flexibility index (Phi) is 10.7. The van der Waals surface area contributed by atoms with E-state index in [0.717, 1.165) is 26.9 Å². The topological polar surface area (TPSA) is 58.6 Å². The highest BCUT2D eigenvalue weighted by atomic mass is 79.9. The lowest BCUT2D eigenvalue weighted by Gasteiger charge is -2.31. The van der Waals surface area contributed by atoms with Gasteiger partial charge in [0.25, 0.3) is 0 Å². The molecule has 3 rings (SSSR count). The average Bonchev–Trinajstić information content (AvgIpc) is 2.88. The first-order valence-electron chi connectivity index (χ1n) is 11.6. The average molecular weight is 556 g/mol. The van der Waals surface area contributed by atoms with Crippen LogP contribution in [0.4, 0.5) is 0 Å². The maximum atomic E-state index is 13.5. The van der Waals surface area contributed by atoms with Gasteiger partial charge < -0.3 is 15.0 Å². The van der Waals surface area contributed by atoms with Crippen molar-refractivity contribution < 1.29 is 14.3 Å². The van der Waals surface area contributed by atoms with Crippen LogP contribution in [0.3, 0.4) is 0 Å². The van der Waals surface area contributed by atoms with E-state index in [4.69, 9.17) is 4.74 Å². The molecule has 1 N–H and O–H groups in total. The SMILES string of the molecule is CCNC(=O)[C@H](Cc1ccccc1)N(Cc1ccc(Br)cc1)C(=O)CSCc1ccc(OC)cc1. The number of ether oxygens (including phenoxy) is 1. The molecule has 0 heterocycles. The van der Waals surface area contributed by atoms with Crippen molar-refractivity contribution >= 4 is 39.5 Å². The third kappa shape index (κ3) is 8.44. The van der Waals surface area contributed by atoms with Crippen LogP contribution in [0.2, 0.25) is 0 Å². The minimum Gasteiger partial charge on any atom is -0.497 e. The first kappa shape index (κ1) is 26.8. The zero-order valence-electron chi connectivity index (χ0n) is 20.1. The minimum absolute atomic E-state index is 0.0568. The van der Waals surface area contributed by atoms with E-state index >= 15 is 0 Å². The van der Waals surface area contributed by atoms with E-state index in [-0.39, 0.29) is 17.6 Å². The summed E-state index contributed by atoms with van der Waals surface area (Å²) in [7, 11) is 1.64. The smallest absolute Gasteiger partial charge is 0.243 e. The van der Waals surface area contributed by atoms with Gasteiger partial charge in [0, 0.05) is 29.7 Å². The molecule has 0 aliphatic heterocycles. The Morgan fingerprint density at radius 2 is 1.60 bits per heavy atom. The number of nitrogens with zero attached hydrogens (tertiary/aromatic N) is 1. The molecule has 0 aromatic heterocycles. The molecular formula is C28H31BrN2O3S. The van der Waals surface area contributed by atoms with Crippen molar-refractivity contribution in [3.63, 3.8) is 0 Å². The number of likely N-dealkylation sites (N-methyl/N-ethyl adjacent to an activating group) is 1. The largest absolute Gasteiger partial charge is 0.497 e. The minimum atomic E-state index is -0.602. The molecule has 3 aromatic rings. The molecule has 2 amide bonds. The van der Waals surface area contributed by atoms with E-state index in [9.17, 15) is 9.59 Å². The van der Waals surface area contributed by atoms with E-state index < -0.39 is 6.04 Å². The number of carbonyl (C=O) groups excluding carboxylic acids is 2. The van der Waals surface area contributed by atoms with Crippen molar-refractivity contribution in [3.8, 4) is 5.75 Å². The van der Waals surface area contributed by atoms with Crippen LogP contribution in [-0.4, -0.2) is 42.2 Å². The molecule has 35 heavy (non-hydrogen) atoms. The van der Waals surface area contributed by atoms with Gasteiger partial charge in [-0.25, -0.2) is 0 Å². The number of halogens is 1. The summed E-state index contributed by atoms with van der Waals surface area (Å²) in [5, 5.41) is 2.93. The molecular weight excluding hydrogens is 524 g/mol. The maximum absolute atomic E-state index is 13.5. The molecule has 0 saturated heterocycles. The van der Waals surface area contributed by atoms with Crippen LogP contribution in [0.5, 0.6) is 5.75 Å². The van der Waals surface area contributed by atoms with Crippen molar-refractivity contribution in [2.45, 2.75) is 31.7 Å². The summed E-state index contributed by atoms with van der Waals surface area (Å²) < 4.78 is 6.19. The highest BCUT2D eigenvalue weighted by molar-refractivity contribution is 9.10. The molecule has 0 radical (unpaired) electrons. The second-order valence-electron chi connectivity index (χ2n) is 8.09. The van der Waals surface area contributed by atoms with Crippen molar-refractivity contribution in [2.24, 2.45) is 0 Å². The zero-order chi connectivity index (χ0) is 25.0. The monoisotopic (exact) mass is 554 g/mol. The standard InChI is InChI=1S/C28H31BrN2O3S/c1-3-30-28(33)26(17-21-7-5-4-6-8-21)31(18-22-9-13-24(29)14-10-22)27(32)20-35-19-23-11-15-25(34-2)16-12-23/h4-16,26H,3,17-20H2,1-2H3,(H,30,33)/t26-/m0/s1. The lowest BCUT2D eigenvalue weighted by molar-refractivity contribution is -0.139. The van der Waals surface area contributed by atoms with Gasteiger partial charge in [-0.15, -0.1) is 11.8 Å². The van der Waals surface area contributed by atoms with Gasteiger partial charge in [0.15, 0.2) is 0 Å². The Hall–Kier alpha value is -2.77. The van der Waals surface area contributed by atoms with Gasteiger partial charge in [0.2, 0.25) is 11.8 Å². The molecule has 0 bridgehead atoms. The lowest BCUT2D eigenvalue weighted by Crippen LogP contribution is -2.51. The van der Waals surface area contributed by atoms with E-state index in [2.05, 4.69) is 21.2 Å². The van der Waals surface area contributed by atoms with Crippen molar-refractivity contribution in [1.82, 2.24) is 10.2 Å². The molecule has 0 unspecified atom stereocenters. The van der Waals surface area contributed by atoms with E-state index in [1.165, 1.54) is 0 Å². The number of benzene rings is 3. The molecule has 184 valence electrons. The number of nitrogens with one attached hydrogen (secondary N) is 1. The number of amides is 2. The Morgan fingerprint density at radius 3 is 2.23 bits per heavy atom. The fourth-order valence-corrected chi connectivity index (χ4v) is 4.83. The molecule has 0 fully saturated rings. The highest BCUT2D eigenvalue weighted by Gasteiger charge is 2.30. The Balaban J connectivity index is 1.79. The van der Waals surface area contributed by atoms with Crippen molar-refractivity contribution in [3.05, 3.63) is 100 Å². The summed E-state index contributed by atoms with van der Waals surface area (Å²) in [5.74, 6) is 1.60. The summed E-state index contributed by atoms with van der Waals surface area (Å²) >= 11 is 5.01. The van der Waals surface area contributed by atoms with Crippen LogP contribution in [0.15, 0.2) is 83.3 Å². The number of thioether (sulfide) groups is 1. The fraction of sp³-hybridized carbons (Fsp3) is 0.286. The van der Waals surface area contributed by atoms with Crippen LogP contribution >= 0.6 is 27.7 Å². The molecule has 0 aliphatic carbocycles. The Labute approximate surface area is 220 Å². The quantitative estimate of drug-likeness (QED) is 0.322. The van der Waals surface area contributed by atoms with Gasteiger partial charge in [-0.2, -0.15) is 0 Å². The maximum Gasteiger partial charge on any atom is 0.243 e. The Morgan fingerprint density at radius 1 is 0.943 bits per heavy atom. The van der Waals surface area contributed by atoms with E-state index in [1.807, 2.05) is 85.8 Å². The lowest BCUT2D eigenvalue weighted by atomic mass is 10.0. The predicted octanol–water partition coefficient (Wildman–Crippen LogP) is 5.47. The molecule has 1 atom stereocenters. The molecule has 0 spiro atoms. The second kappa shape index (κ2) is 14.0. The second-order valence-corrected chi connectivity index (χ2v) is 9.99. The van der Waals surface area contributed by atoms with Crippen molar-refractivity contribution in [2.75, 3.05) is 19.4 Å². The molecule has 3 aromatic carbocycles. The predicted molar refractivity (Wildman–Crippen MR) is 146 cm³/mol. The fourth-order valence-electron chi connectivity index (χ4n) is 3.69. The summed E-state index contributed by atoms with van der Waals surface area (Å²) in [5.41, 5.74) is 3.11. The molecule has 0 saturated carbocycles. The van der Waals surface area contributed by atoms with Crippen LogP contribution in [0, 0.1) is 0 Å². The van der Waals surface area contributed by atoms with Crippen LogP contribution in [0.25, 0.3) is 0 Å². The number of hydrogen-bond acceptors (Lipinski definition) is 4. The van der Waals surface area contributed by atoms with Crippen LogP contribution < -0.4 is 10.1 Å². The van der Waals surface area contributed by atoms with Gasteiger partial charge in [-0.3, -0.25) is 9.59 Å².